The van der Waals surface area contributed by atoms with Gasteiger partial charge in [0.15, 0.2) is 0 Å². The van der Waals surface area contributed by atoms with E-state index in [9.17, 15) is 5.21 Å². The predicted molar refractivity (Wildman–Crippen MR) is 74.6 cm³/mol. The van der Waals surface area contributed by atoms with Crippen LogP contribution in [0.25, 0.3) is 0 Å². The number of unbranched alkanes of at least 4 members (excludes halogenated alkanes) is 2. The van der Waals surface area contributed by atoms with E-state index in [4.69, 9.17) is 0 Å². The summed E-state index contributed by atoms with van der Waals surface area (Å²) in [6.07, 6.45) is 6.66. The topological polar surface area (TPSA) is 32.6 Å². The van der Waals surface area contributed by atoms with Gasteiger partial charge in [-0.2, -0.15) is 0 Å². The fourth-order valence-electron chi connectivity index (χ4n) is 3.55. The fourth-order valence-corrected chi connectivity index (χ4v) is 3.55. The second-order valence-electron chi connectivity index (χ2n) is 6.43. The van der Waals surface area contributed by atoms with Crippen LogP contribution >= 0.6 is 0 Å². The summed E-state index contributed by atoms with van der Waals surface area (Å²) in [6.45, 7) is 6.80. The molecule has 3 unspecified atom stereocenters. The van der Waals surface area contributed by atoms with Crippen molar-refractivity contribution in [3.8, 4) is 11.8 Å². The Kier molecular flexibility index (Phi) is 4.00. The van der Waals surface area contributed by atoms with Gasteiger partial charge in [0.1, 0.15) is 0 Å². The van der Waals surface area contributed by atoms with Crippen LogP contribution in [-0.2, 0) is 0 Å². The van der Waals surface area contributed by atoms with E-state index in [1.165, 1.54) is 19.3 Å². The number of fused-ring (bicyclic) bond motifs is 2. The van der Waals surface area contributed by atoms with Crippen LogP contribution in [0.5, 0.6) is 0 Å². The monoisotopic (exact) mass is 247 g/mol. The zero-order chi connectivity index (χ0) is 13.2. The van der Waals surface area contributed by atoms with Crippen LogP contribution in [0.2, 0.25) is 0 Å². The average molecular weight is 247 g/mol. The molecule has 3 atom stereocenters. The molecule has 2 bridgehead atoms. The summed E-state index contributed by atoms with van der Waals surface area (Å²) in [5.74, 6) is 8.22. The molecule has 0 saturated heterocycles. The van der Waals surface area contributed by atoms with Crippen molar-refractivity contribution in [3.63, 3.8) is 0 Å². The van der Waals surface area contributed by atoms with Gasteiger partial charge in [0, 0.05) is 24.7 Å². The van der Waals surface area contributed by atoms with Crippen molar-refractivity contribution in [2.24, 2.45) is 28.3 Å². The third kappa shape index (κ3) is 2.28. The van der Waals surface area contributed by atoms with Gasteiger partial charge >= 0.3 is 0 Å². The first-order chi connectivity index (χ1) is 8.61. The van der Waals surface area contributed by atoms with Crippen LogP contribution in [0, 0.1) is 35.0 Å². The lowest BCUT2D eigenvalue weighted by atomic mass is 9.46. The van der Waals surface area contributed by atoms with Gasteiger partial charge in [0.25, 0.3) is 0 Å². The summed E-state index contributed by atoms with van der Waals surface area (Å²) in [5.41, 5.74) is 1.36. The molecule has 2 heteroatoms. The van der Waals surface area contributed by atoms with Crippen molar-refractivity contribution in [3.05, 3.63) is 0 Å². The highest BCUT2D eigenvalue weighted by Gasteiger charge is 2.56. The second kappa shape index (κ2) is 5.34. The number of hydrogen-bond acceptors (Lipinski definition) is 2. The van der Waals surface area contributed by atoms with Crippen molar-refractivity contribution in [1.82, 2.24) is 0 Å². The molecule has 0 radical (unpaired) electrons. The van der Waals surface area contributed by atoms with Gasteiger partial charge in [0.05, 0.1) is 5.71 Å². The summed E-state index contributed by atoms with van der Waals surface area (Å²) in [6, 6.07) is 0. The highest BCUT2D eigenvalue weighted by atomic mass is 16.4. The number of rotatable bonds is 3. The second-order valence-corrected chi connectivity index (χ2v) is 6.43. The minimum Gasteiger partial charge on any atom is -0.411 e. The normalized spacial score (nSPS) is 34.6. The molecule has 1 N–H and O–H groups in total. The molecule has 18 heavy (non-hydrogen) atoms. The van der Waals surface area contributed by atoms with Crippen molar-refractivity contribution < 1.29 is 5.21 Å². The lowest BCUT2D eigenvalue weighted by Gasteiger charge is -2.58. The zero-order valence-electron chi connectivity index (χ0n) is 11.9. The van der Waals surface area contributed by atoms with Gasteiger partial charge in [-0.05, 0) is 30.6 Å². The molecule has 0 heterocycles. The Morgan fingerprint density at radius 2 is 2.11 bits per heavy atom. The molecule has 3 fully saturated rings. The van der Waals surface area contributed by atoms with Crippen LogP contribution in [-0.4, -0.2) is 10.9 Å². The lowest BCUT2D eigenvalue weighted by molar-refractivity contribution is -0.0156. The van der Waals surface area contributed by atoms with Gasteiger partial charge in [-0.25, -0.2) is 0 Å². The maximum atomic E-state index is 9.27. The summed E-state index contributed by atoms with van der Waals surface area (Å²) in [5, 5.41) is 12.9. The summed E-state index contributed by atoms with van der Waals surface area (Å²) in [4.78, 5) is 0. The third-order valence-electron chi connectivity index (χ3n) is 5.06. The average Bonchev–Trinajstić information content (AvgIpc) is 2.38. The van der Waals surface area contributed by atoms with Gasteiger partial charge in [0.2, 0.25) is 0 Å². The Morgan fingerprint density at radius 3 is 2.72 bits per heavy atom. The molecule has 0 aromatic rings. The predicted octanol–water partition coefficient (Wildman–Crippen LogP) is 4.08. The van der Waals surface area contributed by atoms with E-state index >= 15 is 0 Å². The van der Waals surface area contributed by atoms with Gasteiger partial charge < -0.3 is 5.21 Å². The molecule has 0 amide bonds. The molecular weight excluding hydrogens is 222 g/mol. The number of nitrogens with zero attached hydrogens (tertiary/aromatic N) is 1. The first-order valence-corrected chi connectivity index (χ1v) is 7.28. The molecule has 0 aromatic heterocycles. The van der Waals surface area contributed by atoms with Crippen LogP contribution in [0.4, 0.5) is 0 Å². The minimum atomic E-state index is 0.341. The fraction of sp³-hybridized carbons (Fsp3) is 0.812. The van der Waals surface area contributed by atoms with E-state index in [2.05, 4.69) is 37.8 Å². The van der Waals surface area contributed by atoms with Crippen molar-refractivity contribution in [1.29, 1.82) is 0 Å². The molecule has 3 rings (SSSR count). The van der Waals surface area contributed by atoms with E-state index in [0.29, 0.717) is 17.3 Å². The number of oxime groups is 1. The zero-order valence-corrected chi connectivity index (χ0v) is 11.9. The maximum absolute atomic E-state index is 9.27. The summed E-state index contributed by atoms with van der Waals surface area (Å²) < 4.78 is 0. The Morgan fingerprint density at radius 1 is 1.33 bits per heavy atom. The summed E-state index contributed by atoms with van der Waals surface area (Å²) >= 11 is 0. The Labute approximate surface area is 111 Å². The van der Waals surface area contributed by atoms with Crippen molar-refractivity contribution in [2.45, 2.75) is 59.3 Å². The standard InChI is InChI=1S/C16H25NO/c1-4-5-6-7-8-9-12-10-13-11-14(15(12)17-18)16(13,2)3/h12-14,18H,4-6,9-11H2,1-3H3. The molecule has 0 aromatic carbocycles. The quantitative estimate of drug-likeness (QED) is 0.346. The van der Waals surface area contributed by atoms with E-state index in [1.54, 1.807) is 0 Å². The van der Waals surface area contributed by atoms with E-state index in [-0.39, 0.29) is 0 Å². The first-order valence-electron chi connectivity index (χ1n) is 7.28. The van der Waals surface area contributed by atoms with Crippen molar-refractivity contribution in [2.75, 3.05) is 0 Å². The Hall–Kier alpha value is -0.970. The Balaban J connectivity index is 1.93. The molecule has 0 spiro atoms. The largest absolute Gasteiger partial charge is 0.411 e. The van der Waals surface area contributed by atoms with E-state index in [0.717, 1.165) is 30.9 Å². The van der Waals surface area contributed by atoms with Gasteiger partial charge in [-0.1, -0.05) is 32.3 Å². The van der Waals surface area contributed by atoms with Crippen LogP contribution in [0.15, 0.2) is 5.16 Å². The molecule has 0 aliphatic heterocycles. The van der Waals surface area contributed by atoms with E-state index in [1.807, 2.05) is 0 Å². The molecular formula is C16H25NO. The minimum absolute atomic E-state index is 0.341. The third-order valence-corrected chi connectivity index (χ3v) is 5.06. The van der Waals surface area contributed by atoms with Crippen molar-refractivity contribution >= 4 is 5.71 Å². The maximum Gasteiger partial charge on any atom is 0.0647 e. The summed E-state index contributed by atoms with van der Waals surface area (Å²) in [7, 11) is 0. The van der Waals surface area contributed by atoms with Crippen LogP contribution < -0.4 is 0 Å². The SMILES string of the molecule is CCCCC#CCC1CC2CC(C1=NO)C2(C)C. The van der Waals surface area contributed by atoms with Gasteiger partial charge in [-0.3, -0.25) is 0 Å². The lowest BCUT2D eigenvalue weighted by Crippen LogP contribution is -2.56. The molecule has 3 aliphatic carbocycles. The van der Waals surface area contributed by atoms with Gasteiger partial charge in [-0.15, -0.1) is 11.8 Å². The smallest absolute Gasteiger partial charge is 0.0647 e. The molecule has 3 aliphatic rings. The highest BCUT2D eigenvalue weighted by molar-refractivity contribution is 5.91. The first kappa shape index (κ1) is 13.5. The van der Waals surface area contributed by atoms with Crippen LogP contribution in [0.3, 0.4) is 0 Å². The molecule has 2 nitrogen and oxygen atoms in total. The Bertz CT molecular complexity index is 386. The molecule has 100 valence electrons. The molecule has 3 saturated carbocycles. The van der Waals surface area contributed by atoms with E-state index < -0.39 is 0 Å². The highest BCUT2D eigenvalue weighted by Crippen LogP contribution is 2.59. The van der Waals surface area contributed by atoms with Crippen LogP contribution in [0.1, 0.15) is 59.3 Å². The number of hydrogen-bond donors (Lipinski definition) is 1.